The quantitative estimate of drug-likeness (QED) is 0.507. The summed E-state index contributed by atoms with van der Waals surface area (Å²) in [6.45, 7) is 8.14. The summed E-state index contributed by atoms with van der Waals surface area (Å²) in [5, 5.41) is 8.78. The predicted octanol–water partition coefficient (Wildman–Crippen LogP) is 0.797. The van der Waals surface area contributed by atoms with Crippen LogP contribution >= 0.6 is 0 Å². The summed E-state index contributed by atoms with van der Waals surface area (Å²) in [7, 11) is 0. The molecule has 0 aliphatic heterocycles. The van der Waals surface area contributed by atoms with Crippen molar-refractivity contribution in [2.45, 2.75) is 52.5 Å². The van der Waals surface area contributed by atoms with Crippen LogP contribution < -0.4 is 16.0 Å². The molecule has 5 nitrogen and oxygen atoms in total. The molecule has 0 unspecified atom stereocenters. The lowest BCUT2D eigenvalue weighted by molar-refractivity contribution is -0.122. The van der Waals surface area contributed by atoms with E-state index in [1.807, 2.05) is 6.92 Å². The van der Waals surface area contributed by atoms with Gasteiger partial charge in [-0.2, -0.15) is 0 Å². The lowest BCUT2D eigenvalue weighted by atomic mass is 10.2. The number of rotatable bonds is 10. The Bertz CT molecular complexity index is 242. The zero-order chi connectivity index (χ0) is 13.8. The lowest BCUT2D eigenvalue weighted by Gasteiger charge is -2.08. The molecular formula is C13H27N3O2. The predicted molar refractivity (Wildman–Crippen MR) is 73.3 cm³/mol. The maximum atomic E-state index is 11.4. The number of carbonyl (C=O) groups excluding carboxylic acids is 2. The van der Waals surface area contributed by atoms with E-state index in [4.69, 9.17) is 0 Å². The Balaban J connectivity index is 3.39. The molecule has 3 N–H and O–H groups in total. The monoisotopic (exact) mass is 257 g/mol. The summed E-state index contributed by atoms with van der Waals surface area (Å²) in [6.07, 6.45) is 2.62. The van der Waals surface area contributed by atoms with Crippen molar-refractivity contribution in [3.05, 3.63) is 0 Å². The molecule has 0 aliphatic rings. The number of hydrogen-bond donors (Lipinski definition) is 3. The molecule has 0 radical (unpaired) electrons. The van der Waals surface area contributed by atoms with Gasteiger partial charge in [0.2, 0.25) is 11.8 Å². The smallest absolute Gasteiger partial charge is 0.221 e. The molecule has 0 aromatic heterocycles. The molecule has 0 rings (SSSR count). The van der Waals surface area contributed by atoms with Crippen molar-refractivity contribution < 1.29 is 9.59 Å². The zero-order valence-corrected chi connectivity index (χ0v) is 11.8. The van der Waals surface area contributed by atoms with Crippen molar-refractivity contribution in [2.24, 2.45) is 0 Å². The first kappa shape index (κ1) is 16.9. The maximum absolute atomic E-state index is 11.4. The summed E-state index contributed by atoms with van der Waals surface area (Å²) in [4.78, 5) is 22.7. The molecule has 0 aromatic rings. The van der Waals surface area contributed by atoms with Gasteiger partial charge in [-0.3, -0.25) is 9.59 Å². The fourth-order valence-corrected chi connectivity index (χ4v) is 1.40. The van der Waals surface area contributed by atoms with Gasteiger partial charge in [0.1, 0.15) is 0 Å². The molecule has 2 amide bonds. The van der Waals surface area contributed by atoms with Crippen molar-refractivity contribution in [1.29, 1.82) is 0 Å². The molecular weight excluding hydrogens is 230 g/mol. The minimum atomic E-state index is -0.00127. The van der Waals surface area contributed by atoms with Gasteiger partial charge in [0.15, 0.2) is 0 Å². The van der Waals surface area contributed by atoms with Crippen LogP contribution in [0.1, 0.15) is 46.5 Å². The lowest BCUT2D eigenvalue weighted by Crippen LogP contribution is -2.31. The molecule has 0 saturated heterocycles. The molecule has 0 aromatic carbocycles. The van der Waals surface area contributed by atoms with Gasteiger partial charge >= 0.3 is 0 Å². The largest absolute Gasteiger partial charge is 0.356 e. The van der Waals surface area contributed by atoms with Crippen LogP contribution in [0.5, 0.6) is 0 Å². The molecule has 5 heteroatoms. The molecule has 106 valence electrons. The minimum Gasteiger partial charge on any atom is -0.356 e. The van der Waals surface area contributed by atoms with Gasteiger partial charge in [0.05, 0.1) is 0 Å². The van der Waals surface area contributed by atoms with Gasteiger partial charge in [-0.25, -0.2) is 0 Å². The molecule has 0 aliphatic carbocycles. The standard InChI is InChI=1S/C13H27N3O2/c1-4-8-15-13(18)7-10-16-12(17)6-5-9-14-11(2)3/h11,14H,4-10H2,1-3H3,(H,15,18)(H,16,17). The van der Waals surface area contributed by atoms with Crippen LogP contribution in [0.15, 0.2) is 0 Å². The second-order valence-electron chi connectivity index (χ2n) is 4.66. The third kappa shape index (κ3) is 11.4. The van der Waals surface area contributed by atoms with Gasteiger partial charge in [-0.15, -0.1) is 0 Å². The fourth-order valence-electron chi connectivity index (χ4n) is 1.40. The third-order valence-corrected chi connectivity index (χ3v) is 2.38. The summed E-state index contributed by atoms with van der Waals surface area (Å²) in [6, 6.07) is 0.454. The van der Waals surface area contributed by atoms with Gasteiger partial charge in [0.25, 0.3) is 0 Å². The van der Waals surface area contributed by atoms with Crippen LogP contribution in [-0.4, -0.2) is 37.5 Å². The Labute approximate surface area is 110 Å². The molecule has 0 spiro atoms. The molecule has 0 heterocycles. The van der Waals surface area contributed by atoms with Crippen molar-refractivity contribution in [3.63, 3.8) is 0 Å². The third-order valence-electron chi connectivity index (χ3n) is 2.38. The Morgan fingerprint density at radius 2 is 1.56 bits per heavy atom. The van der Waals surface area contributed by atoms with Crippen LogP contribution in [0.25, 0.3) is 0 Å². The average molecular weight is 257 g/mol. The Morgan fingerprint density at radius 1 is 0.944 bits per heavy atom. The van der Waals surface area contributed by atoms with Crippen molar-refractivity contribution in [2.75, 3.05) is 19.6 Å². The molecule has 0 fully saturated rings. The number of carbonyl (C=O) groups is 2. The SMILES string of the molecule is CCCNC(=O)CCNC(=O)CCCNC(C)C. The van der Waals surface area contributed by atoms with E-state index >= 15 is 0 Å². The summed E-state index contributed by atoms with van der Waals surface area (Å²) >= 11 is 0. The maximum Gasteiger partial charge on any atom is 0.221 e. The van der Waals surface area contributed by atoms with E-state index in [1.165, 1.54) is 0 Å². The fraction of sp³-hybridized carbons (Fsp3) is 0.846. The normalized spacial score (nSPS) is 10.4. The van der Waals surface area contributed by atoms with E-state index in [0.29, 0.717) is 32.0 Å². The topological polar surface area (TPSA) is 70.2 Å². The number of amides is 2. The van der Waals surface area contributed by atoms with Crippen molar-refractivity contribution >= 4 is 11.8 Å². The Hall–Kier alpha value is -1.10. The van der Waals surface area contributed by atoms with Crippen LogP contribution in [0.4, 0.5) is 0 Å². The second-order valence-corrected chi connectivity index (χ2v) is 4.66. The number of hydrogen-bond acceptors (Lipinski definition) is 3. The van der Waals surface area contributed by atoms with E-state index in [9.17, 15) is 9.59 Å². The van der Waals surface area contributed by atoms with Gasteiger partial charge in [-0.05, 0) is 19.4 Å². The highest BCUT2D eigenvalue weighted by Crippen LogP contribution is 1.89. The van der Waals surface area contributed by atoms with Crippen LogP contribution in [0.3, 0.4) is 0 Å². The molecule has 0 atom stereocenters. The van der Waals surface area contributed by atoms with E-state index in [2.05, 4.69) is 29.8 Å². The summed E-state index contributed by atoms with van der Waals surface area (Å²) in [5.41, 5.74) is 0. The van der Waals surface area contributed by atoms with Crippen molar-refractivity contribution in [1.82, 2.24) is 16.0 Å². The van der Waals surface area contributed by atoms with E-state index < -0.39 is 0 Å². The first-order chi connectivity index (χ1) is 8.56. The number of nitrogens with one attached hydrogen (secondary N) is 3. The van der Waals surface area contributed by atoms with E-state index in [1.54, 1.807) is 0 Å². The molecule has 0 bridgehead atoms. The van der Waals surface area contributed by atoms with Crippen LogP contribution in [-0.2, 0) is 9.59 Å². The van der Waals surface area contributed by atoms with E-state index in [0.717, 1.165) is 19.4 Å². The first-order valence-electron chi connectivity index (χ1n) is 6.83. The van der Waals surface area contributed by atoms with Crippen molar-refractivity contribution in [3.8, 4) is 0 Å². The van der Waals surface area contributed by atoms with Crippen LogP contribution in [0, 0.1) is 0 Å². The highest BCUT2D eigenvalue weighted by molar-refractivity contribution is 5.78. The molecule has 0 saturated carbocycles. The summed E-state index contributed by atoms with van der Waals surface area (Å²) < 4.78 is 0. The van der Waals surface area contributed by atoms with Crippen LogP contribution in [0.2, 0.25) is 0 Å². The molecule has 18 heavy (non-hydrogen) atoms. The summed E-state index contributed by atoms with van der Waals surface area (Å²) in [5.74, 6) is 0.0162. The zero-order valence-electron chi connectivity index (χ0n) is 11.8. The Kier molecular flexibility index (Phi) is 10.3. The first-order valence-corrected chi connectivity index (χ1v) is 6.83. The highest BCUT2D eigenvalue weighted by atomic mass is 16.2. The average Bonchev–Trinajstić information content (AvgIpc) is 2.32. The highest BCUT2D eigenvalue weighted by Gasteiger charge is 2.03. The second kappa shape index (κ2) is 11.0. The van der Waals surface area contributed by atoms with Gasteiger partial charge in [0, 0.05) is 32.0 Å². The van der Waals surface area contributed by atoms with E-state index in [-0.39, 0.29) is 11.8 Å². The Morgan fingerprint density at radius 3 is 2.17 bits per heavy atom. The van der Waals surface area contributed by atoms with Gasteiger partial charge < -0.3 is 16.0 Å². The minimum absolute atomic E-state index is 0.00127. The van der Waals surface area contributed by atoms with Gasteiger partial charge in [-0.1, -0.05) is 20.8 Å².